The van der Waals surface area contributed by atoms with E-state index >= 15 is 0 Å². The van der Waals surface area contributed by atoms with E-state index in [4.69, 9.17) is 5.73 Å². The molecule has 0 radical (unpaired) electrons. The van der Waals surface area contributed by atoms with E-state index in [1.54, 1.807) is 13.1 Å². The number of rotatable bonds is 3. The lowest BCUT2D eigenvalue weighted by atomic mass is 9.56. The summed E-state index contributed by atoms with van der Waals surface area (Å²) in [5.41, 5.74) is 6.36. The number of nitrogens with zero attached hydrogens (tertiary/aromatic N) is 1. The van der Waals surface area contributed by atoms with E-state index in [1.807, 2.05) is 12.1 Å². The minimum Gasteiger partial charge on any atom is -0.343 e. The first kappa shape index (κ1) is 14.4. The molecule has 1 heterocycles. The van der Waals surface area contributed by atoms with Crippen LogP contribution in [0.4, 0.5) is 0 Å². The zero-order valence-electron chi connectivity index (χ0n) is 11.6. The molecule has 0 bridgehead atoms. The molecule has 5 nitrogen and oxygen atoms in total. The van der Waals surface area contributed by atoms with Gasteiger partial charge in [0, 0.05) is 6.20 Å². The van der Waals surface area contributed by atoms with E-state index in [2.05, 4.69) is 18.8 Å². The van der Waals surface area contributed by atoms with Crippen LogP contribution in [0.1, 0.15) is 50.8 Å². The van der Waals surface area contributed by atoms with Crippen LogP contribution < -0.4 is 5.73 Å². The number of nitrogens with two attached hydrogens (primary N) is 1. The van der Waals surface area contributed by atoms with E-state index in [0.717, 1.165) is 11.3 Å². The van der Waals surface area contributed by atoms with Gasteiger partial charge in [0.15, 0.2) is 0 Å². The average Bonchev–Trinajstić information content (AvgIpc) is 2.25. The van der Waals surface area contributed by atoms with Crippen LogP contribution in [0, 0.1) is 5.41 Å². The molecular formula is C14H22N2O3. The van der Waals surface area contributed by atoms with Crippen LogP contribution in [0.5, 0.6) is 0 Å². The molecule has 19 heavy (non-hydrogen) atoms. The SMILES string of the molecule is CC(C)c1ccc(C2(N)CC(C)(C(O)(O)O)C2)nc1. The smallest absolute Gasteiger partial charge is 0.281 e. The Morgan fingerprint density at radius 2 is 1.84 bits per heavy atom. The van der Waals surface area contributed by atoms with E-state index in [9.17, 15) is 15.3 Å². The lowest BCUT2D eigenvalue weighted by Crippen LogP contribution is -2.64. The maximum absolute atomic E-state index is 9.33. The lowest BCUT2D eigenvalue weighted by Gasteiger charge is -2.55. The molecule has 1 aromatic heterocycles. The second-order valence-corrected chi connectivity index (χ2v) is 6.34. The fraction of sp³-hybridized carbons (Fsp3) is 0.643. The molecule has 2 rings (SSSR count). The molecule has 0 unspecified atom stereocenters. The fourth-order valence-electron chi connectivity index (χ4n) is 2.80. The maximum Gasteiger partial charge on any atom is 0.281 e. The van der Waals surface area contributed by atoms with Crippen molar-refractivity contribution in [2.24, 2.45) is 11.1 Å². The van der Waals surface area contributed by atoms with Crippen molar-refractivity contribution in [1.82, 2.24) is 4.98 Å². The molecule has 0 spiro atoms. The summed E-state index contributed by atoms with van der Waals surface area (Å²) < 4.78 is 0. The van der Waals surface area contributed by atoms with Crippen LogP contribution in [-0.4, -0.2) is 26.3 Å². The van der Waals surface area contributed by atoms with E-state index in [-0.39, 0.29) is 12.8 Å². The van der Waals surface area contributed by atoms with Crippen molar-refractivity contribution >= 4 is 0 Å². The van der Waals surface area contributed by atoms with E-state index < -0.39 is 16.9 Å². The normalized spacial score (nSPS) is 31.4. The Morgan fingerprint density at radius 1 is 1.26 bits per heavy atom. The molecule has 1 fully saturated rings. The summed E-state index contributed by atoms with van der Waals surface area (Å²) in [5, 5.41) is 28.0. The molecule has 1 aliphatic rings. The Balaban J connectivity index is 2.16. The summed E-state index contributed by atoms with van der Waals surface area (Å²) in [7, 11) is 0. The second kappa shape index (κ2) is 4.24. The van der Waals surface area contributed by atoms with Gasteiger partial charge in [0.2, 0.25) is 0 Å². The Labute approximate surface area is 113 Å². The Morgan fingerprint density at radius 3 is 2.21 bits per heavy atom. The van der Waals surface area contributed by atoms with Crippen molar-refractivity contribution in [3.63, 3.8) is 0 Å². The highest BCUT2D eigenvalue weighted by molar-refractivity contribution is 5.26. The molecule has 5 heteroatoms. The van der Waals surface area contributed by atoms with Gasteiger partial charge in [-0.1, -0.05) is 26.8 Å². The van der Waals surface area contributed by atoms with Crippen molar-refractivity contribution in [2.75, 3.05) is 0 Å². The van der Waals surface area contributed by atoms with Gasteiger partial charge in [0.05, 0.1) is 16.6 Å². The molecular weight excluding hydrogens is 244 g/mol. The van der Waals surface area contributed by atoms with Crippen molar-refractivity contribution in [3.05, 3.63) is 29.6 Å². The minimum absolute atomic E-state index is 0.275. The van der Waals surface area contributed by atoms with Crippen LogP contribution in [-0.2, 0) is 5.54 Å². The summed E-state index contributed by atoms with van der Waals surface area (Å²) in [5.74, 6) is -2.30. The van der Waals surface area contributed by atoms with Crippen LogP contribution in [0.25, 0.3) is 0 Å². The van der Waals surface area contributed by atoms with Gasteiger partial charge < -0.3 is 21.1 Å². The van der Waals surface area contributed by atoms with Gasteiger partial charge in [-0.25, -0.2) is 0 Å². The summed E-state index contributed by atoms with van der Waals surface area (Å²) in [6.07, 6.45) is 2.35. The summed E-state index contributed by atoms with van der Waals surface area (Å²) in [6.45, 7) is 5.78. The van der Waals surface area contributed by atoms with Gasteiger partial charge in [-0.15, -0.1) is 0 Å². The quantitative estimate of drug-likeness (QED) is 0.606. The predicted molar refractivity (Wildman–Crippen MR) is 70.9 cm³/mol. The summed E-state index contributed by atoms with van der Waals surface area (Å²) in [6, 6.07) is 3.87. The average molecular weight is 266 g/mol. The molecule has 0 aliphatic heterocycles. The van der Waals surface area contributed by atoms with Crippen LogP contribution in [0.3, 0.4) is 0 Å². The molecule has 106 valence electrons. The topological polar surface area (TPSA) is 99.6 Å². The predicted octanol–water partition coefficient (Wildman–Crippen LogP) is 0.790. The Hall–Kier alpha value is -1.01. The first-order valence-electron chi connectivity index (χ1n) is 6.50. The zero-order valence-corrected chi connectivity index (χ0v) is 11.6. The van der Waals surface area contributed by atoms with Crippen molar-refractivity contribution in [1.29, 1.82) is 0 Å². The lowest BCUT2D eigenvalue weighted by molar-refractivity contribution is -0.394. The van der Waals surface area contributed by atoms with Gasteiger partial charge >= 0.3 is 0 Å². The van der Waals surface area contributed by atoms with Gasteiger partial charge in [-0.2, -0.15) is 0 Å². The van der Waals surface area contributed by atoms with Crippen molar-refractivity contribution in [2.45, 2.75) is 51.0 Å². The van der Waals surface area contributed by atoms with Gasteiger partial charge in [-0.05, 0) is 30.4 Å². The third-order valence-electron chi connectivity index (χ3n) is 4.18. The fourth-order valence-corrected chi connectivity index (χ4v) is 2.80. The molecule has 1 aliphatic carbocycles. The van der Waals surface area contributed by atoms with Gasteiger partial charge in [-0.3, -0.25) is 4.98 Å². The van der Waals surface area contributed by atoms with E-state index in [1.165, 1.54) is 0 Å². The number of hydrogen-bond acceptors (Lipinski definition) is 5. The summed E-state index contributed by atoms with van der Waals surface area (Å²) >= 11 is 0. The van der Waals surface area contributed by atoms with Crippen molar-refractivity contribution in [3.8, 4) is 0 Å². The highest BCUT2D eigenvalue weighted by Crippen LogP contribution is 2.55. The Bertz CT molecular complexity index is 457. The molecule has 1 saturated carbocycles. The highest BCUT2D eigenvalue weighted by atomic mass is 16.7. The molecule has 1 aromatic rings. The van der Waals surface area contributed by atoms with Crippen LogP contribution in [0.2, 0.25) is 0 Å². The highest BCUT2D eigenvalue weighted by Gasteiger charge is 2.60. The number of aromatic nitrogens is 1. The monoisotopic (exact) mass is 266 g/mol. The standard InChI is InChI=1S/C14H22N2O3/c1-9(2)10-4-5-11(16-6-10)13(15)7-12(3,8-13)14(17,18)19/h4-6,9,17-19H,7-8,15H2,1-3H3. The first-order chi connectivity index (χ1) is 8.57. The minimum atomic E-state index is -2.70. The molecule has 0 saturated heterocycles. The molecule has 0 atom stereocenters. The van der Waals surface area contributed by atoms with E-state index in [0.29, 0.717) is 5.92 Å². The maximum atomic E-state index is 9.33. The third-order valence-corrected chi connectivity index (χ3v) is 4.18. The van der Waals surface area contributed by atoms with Gasteiger partial charge in [0.25, 0.3) is 5.97 Å². The van der Waals surface area contributed by atoms with Gasteiger partial charge in [0.1, 0.15) is 0 Å². The van der Waals surface area contributed by atoms with Crippen LogP contribution >= 0.6 is 0 Å². The molecule has 0 aromatic carbocycles. The first-order valence-corrected chi connectivity index (χ1v) is 6.50. The summed E-state index contributed by atoms with van der Waals surface area (Å²) in [4.78, 5) is 4.37. The zero-order chi connectivity index (χ0) is 14.5. The number of aliphatic hydroxyl groups is 3. The van der Waals surface area contributed by atoms with Crippen LogP contribution in [0.15, 0.2) is 18.3 Å². The largest absolute Gasteiger partial charge is 0.343 e. The molecule has 0 amide bonds. The number of pyridine rings is 1. The number of hydrogen-bond donors (Lipinski definition) is 4. The molecule has 5 N–H and O–H groups in total. The third kappa shape index (κ3) is 2.39. The van der Waals surface area contributed by atoms with Crippen molar-refractivity contribution < 1.29 is 15.3 Å². The Kier molecular flexibility index (Phi) is 3.22. The second-order valence-electron chi connectivity index (χ2n) is 6.34.